The fraction of sp³-hybridized carbons (Fsp3) is 0.300. The van der Waals surface area contributed by atoms with Crippen LogP contribution in [0, 0.1) is 17.1 Å². The Morgan fingerprint density at radius 2 is 1.91 bits per heavy atom. The molecular formula is C30H27Cl3FN9O2. The minimum absolute atomic E-state index is 0.0432. The molecule has 1 atom stereocenters. The number of hydrogen-bond donors (Lipinski definition) is 4. The molecule has 232 valence electrons. The summed E-state index contributed by atoms with van der Waals surface area (Å²) in [6.07, 6.45) is 8.39. The molecular weight excluding hydrogens is 644 g/mol. The van der Waals surface area contributed by atoms with Crippen LogP contribution in [0.5, 0.6) is 0 Å². The van der Waals surface area contributed by atoms with Gasteiger partial charge in [-0.25, -0.2) is 9.37 Å². The zero-order valence-electron chi connectivity index (χ0n) is 23.7. The Hall–Kier alpha value is -3.83. The second kappa shape index (κ2) is 12.5. The SMILES string of the molecule is N#Cc1cnc2c(Cl)cc(N[C@H](C3=CN(C4CCN(C5COC5)CC4)NN3)c3cocn3)cc2c1Nc1ccc(Cl)c(Cl)c1F. The van der Waals surface area contributed by atoms with Crippen molar-refractivity contribution in [2.24, 2.45) is 0 Å². The molecule has 11 nitrogen and oxygen atoms in total. The summed E-state index contributed by atoms with van der Waals surface area (Å²) in [5.74, 6) is -0.747. The van der Waals surface area contributed by atoms with Gasteiger partial charge in [-0.15, -0.1) is 5.53 Å². The Morgan fingerprint density at radius 3 is 2.62 bits per heavy atom. The molecule has 2 fully saturated rings. The number of rotatable bonds is 8. The number of nitrogens with one attached hydrogen (secondary N) is 4. The molecule has 0 saturated carbocycles. The molecule has 4 N–H and O–H groups in total. The number of ether oxygens (including phenoxy) is 1. The first-order chi connectivity index (χ1) is 21.9. The van der Waals surface area contributed by atoms with Crippen molar-refractivity contribution < 1.29 is 13.5 Å². The highest BCUT2D eigenvalue weighted by molar-refractivity contribution is 6.42. The van der Waals surface area contributed by atoms with Crippen LogP contribution in [0.4, 0.5) is 21.5 Å². The summed E-state index contributed by atoms with van der Waals surface area (Å²) in [6, 6.07) is 8.95. The van der Waals surface area contributed by atoms with Gasteiger partial charge in [0.1, 0.15) is 24.1 Å². The van der Waals surface area contributed by atoms with Crippen molar-refractivity contribution in [1.29, 1.82) is 5.26 Å². The van der Waals surface area contributed by atoms with E-state index in [0.717, 1.165) is 44.8 Å². The second-order valence-corrected chi connectivity index (χ2v) is 12.2. The first-order valence-electron chi connectivity index (χ1n) is 14.3. The highest BCUT2D eigenvalue weighted by Crippen LogP contribution is 2.39. The van der Waals surface area contributed by atoms with Crippen molar-refractivity contribution in [2.75, 3.05) is 36.9 Å². The summed E-state index contributed by atoms with van der Waals surface area (Å²) in [4.78, 5) is 11.3. The van der Waals surface area contributed by atoms with E-state index in [1.54, 1.807) is 18.4 Å². The van der Waals surface area contributed by atoms with Crippen molar-refractivity contribution in [1.82, 2.24) is 30.8 Å². The van der Waals surface area contributed by atoms with Crippen LogP contribution in [0.1, 0.15) is 30.1 Å². The minimum Gasteiger partial charge on any atom is -0.451 e. The lowest BCUT2D eigenvalue weighted by atomic mass is 10.0. The summed E-state index contributed by atoms with van der Waals surface area (Å²) in [6.45, 7) is 3.67. The smallest absolute Gasteiger partial charge is 0.180 e. The Bertz CT molecular complexity index is 1800. The van der Waals surface area contributed by atoms with Gasteiger partial charge in [0.2, 0.25) is 0 Å². The molecule has 0 spiro atoms. The molecule has 0 unspecified atom stereocenters. The molecule has 0 amide bonds. The average molecular weight is 671 g/mol. The second-order valence-electron chi connectivity index (χ2n) is 11.0. The van der Waals surface area contributed by atoms with Gasteiger partial charge in [-0.2, -0.15) is 5.26 Å². The Balaban J connectivity index is 1.19. The lowest BCUT2D eigenvalue weighted by molar-refractivity contribution is -0.0760. The standard InChI is InChI=1S/C30H27Cl3FN9O2/c31-21-1-2-23(27(34)26(21)33)39-28-16(9-35)10-36-29-20(28)7-17(8-22(29)32)38-30(25-14-45-15-37-25)24-11-43(41-40-24)18-3-5-42(6-4-18)19-12-44-13-19/h1-2,7-8,10-11,14-15,18-19,30,38,40-41H,3-6,12-13H2,(H,36,39)/t30-/m1/s1. The third kappa shape index (κ3) is 5.83. The monoisotopic (exact) mass is 669 g/mol. The van der Waals surface area contributed by atoms with E-state index < -0.39 is 11.9 Å². The fourth-order valence-corrected chi connectivity index (χ4v) is 6.39. The van der Waals surface area contributed by atoms with Crippen LogP contribution in [-0.2, 0) is 4.74 Å². The van der Waals surface area contributed by atoms with Gasteiger partial charge in [0.15, 0.2) is 12.2 Å². The van der Waals surface area contributed by atoms with E-state index in [1.807, 2.05) is 6.20 Å². The predicted octanol–water partition coefficient (Wildman–Crippen LogP) is 6.12. The van der Waals surface area contributed by atoms with Crippen LogP contribution >= 0.6 is 34.8 Å². The summed E-state index contributed by atoms with van der Waals surface area (Å²) < 4.78 is 25.7. The normalized spacial score (nSPS) is 18.3. The van der Waals surface area contributed by atoms with E-state index in [9.17, 15) is 5.26 Å². The first kappa shape index (κ1) is 29.9. The summed E-state index contributed by atoms with van der Waals surface area (Å²) in [7, 11) is 0. The third-order valence-corrected chi connectivity index (χ3v) is 9.42. The summed E-state index contributed by atoms with van der Waals surface area (Å²) in [5.41, 5.74) is 9.61. The lowest BCUT2D eigenvalue weighted by Crippen LogP contribution is -2.55. The number of pyridine rings is 1. The van der Waals surface area contributed by atoms with Gasteiger partial charge in [0.25, 0.3) is 0 Å². The lowest BCUT2D eigenvalue weighted by Gasteiger charge is -2.42. The Labute approximate surface area is 272 Å². The number of aromatic nitrogens is 2. The van der Waals surface area contributed by atoms with Crippen molar-refractivity contribution in [3.8, 4) is 6.07 Å². The number of fused-ring (bicyclic) bond motifs is 1. The van der Waals surface area contributed by atoms with Gasteiger partial charge < -0.3 is 25.2 Å². The van der Waals surface area contributed by atoms with Gasteiger partial charge >= 0.3 is 0 Å². The van der Waals surface area contributed by atoms with Crippen molar-refractivity contribution in [2.45, 2.75) is 31.0 Å². The molecule has 3 aliphatic rings. The Kier molecular flexibility index (Phi) is 8.31. The topological polar surface area (TPSA) is 127 Å². The zero-order chi connectivity index (χ0) is 31.1. The van der Waals surface area contributed by atoms with Crippen molar-refractivity contribution >= 4 is 62.8 Å². The molecule has 2 aromatic carbocycles. The van der Waals surface area contributed by atoms with Gasteiger partial charge in [0, 0.05) is 42.6 Å². The van der Waals surface area contributed by atoms with Crippen molar-refractivity contribution in [3.63, 3.8) is 0 Å². The molecule has 0 radical (unpaired) electrons. The molecule has 4 aromatic rings. The Morgan fingerprint density at radius 1 is 1.09 bits per heavy atom. The number of piperidine rings is 1. The number of hydrogen-bond acceptors (Lipinski definition) is 11. The molecule has 45 heavy (non-hydrogen) atoms. The summed E-state index contributed by atoms with van der Waals surface area (Å²) in [5, 5.41) is 19.2. The number of likely N-dealkylation sites (tertiary alicyclic amines) is 1. The first-order valence-corrected chi connectivity index (χ1v) is 15.4. The number of benzene rings is 2. The van der Waals surface area contributed by atoms with Crippen LogP contribution in [0.3, 0.4) is 0 Å². The molecule has 0 aliphatic carbocycles. The maximum atomic E-state index is 15.0. The van der Waals surface area contributed by atoms with Crippen LogP contribution in [0.25, 0.3) is 10.9 Å². The van der Waals surface area contributed by atoms with Crippen LogP contribution < -0.4 is 21.6 Å². The molecule has 5 heterocycles. The molecule has 2 saturated heterocycles. The molecule has 15 heteroatoms. The molecule has 3 aliphatic heterocycles. The third-order valence-electron chi connectivity index (χ3n) is 8.35. The molecule has 0 bridgehead atoms. The maximum absolute atomic E-state index is 15.0. The van der Waals surface area contributed by atoms with E-state index in [2.05, 4.69) is 47.5 Å². The number of oxazole rings is 1. The number of halogens is 4. The highest BCUT2D eigenvalue weighted by Gasteiger charge is 2.33. The van der Waals surface area contributed by atoms with Gasteiger partial charge in [-0.3, -0.25) is 14.9 Å². The van der Waals surface area contributed by atoms with Crippen LogP contribution in [0.2, 0.25) is 15.1 Å². The van der Waals surface area contributed by atoms with Gasteiger partial charge in [-0.1, -0.05) is 34.8 Å². The quantitative estimate of drug-likeness (QED) is 0.162. The minimum atomic E-state index is -0.747. The summed E-state index contributed by atoms with van der Waals surface area (Å²) >= 11 is 18.8. The number of anilines is 3. The number of nitriles is 1. The van der Waals surface area contributed by atoms with Crippen LogP contribution in [-0.4, -0.2) is 58.3 Å². The van der Waals surface area contributed by atoms with Crippen molar-refractivity contribution in [3.05, 3.63) is 87.2 Å². The number of nitrogens with zero attached hydrogens (tertiary/aromatic N) is 5. The number of hydrazine groups is 2. The zero-order valence-corrected chi connectivity index (χ0v) is 25.9. The van der Waals surface area contributed by atoms with Gasteiger partial charge in [-0.05, 0) is 37.1 Å². The fourth-order valence-electron chi connectivity index (χ4n) is 5.81. The molecule has 2 aromatic heterocycles. The van der Waals surface area contributed by atoms with E-state index in [4.69, 9.17) is 44.0 Å². The van der Waals surface area contributed by atoms with E-state index in [1.165, 1.54) is 24.7 Å². The van der Waals surface area contributed by atoms with Crippen LogP contribution in [0.15, 0.2) is 59.4 Å². The predicted molar refractivity (Wildman–Crippen MR) is 169 cm³/mol. The van der Waals surface area contributed by atoms with E-state index in [0.29, 0.717) is 45.1 Å². The maximum Gasteiger partial charge on any atom is 0.180 e. The molecule has 7 rings (SSSR count). The average Bonchev–Trinajstić information content (AvgIpc) is 3.73. The van der Waals surface area contributed by atoms with E-state index >= 15 is 4.39 Å². The highest BCUT2D eigenvalue weighted by atomic mass is 35.5. The largest absolute Gasteiger partial charge is 0.451 e. The van der Waals surface area contributed by atoms with E-state index in [-0.39, 0.29) is 21.3 Å². The van der Waals surface area contributed by atoms with Gasteiger partial charge in [0.05, 0.1) is 62.5 Å².